The number of nitrogens with zero attached hydrogens (tertiary/aromatic N) is 2. The van der Waals surface area contributed by atoms with Gasteiger partial charge in [0.25, 0.3) is 0 Å². The molecule has 0 saturated carbocycles. The van der Waals surface area contributed by atoms with E-state index in [9.17, 15) is 13.2 Å². The number of benzene rings is 1. The number of nitrogens with one attached hydrogen (secondary N) is 1. The number of hydrogen-bond donors (Lipinski definition) is 1. The van der Waals surface area contributed by atoms with Gasteiger partial charge in [0.15, 0.2) is 6.61 Å². The lowest BCUT2D eigenvalue weighted by atomic mass is 10.3. The van der Waals surface area contributed by atoms with E-state index in [4.69, 9.17) is 9.47 Å². The van der Waals surface area contributed by atoms with Crippen LogP contribution in [0.1, 0.15) is 13.3 Å². The van der Waals surface area contributed by atoms with E-state index in [-0.39, 0.29) is 18.1 Å². The predicted molar refractivity (Wildman–Crippen MR) is 90.6 cm³/mol. The normalized spacial score (nSPS) is 11.2. The number of ether oxygens (including phenoxy) is 2. The van der Waals surface area contributed by atoms with Crippen molar-refractivity contribution in [3.05, 3.63) is 43.0 Å². The van der Waals surface area contributed by atoms with Gasteiger partial charge in [-0.1, -0.05) is 0 Å². The van der Waals surface area contributed by atoms with Crippen LogP contribution in [0.3, 0.4) is 0 Å². The molecular formula is C16H21N3O5S. The first-order valence-corrected chi connectivity index (χ1v) is 9.33. The Morgan fingerprint density at radius 1 is 1.28 bits per heavy atom. The van der Waals surface area contributed by atoms with E-state index in [1.54, 1.807) is 19.4 Å². The van der Waals surface area contributed by atoms with E-state index in [1.807, 2.05) is 10.8 Å². The van der Waals surface area contributed by atoms with Gasteiger partial charge < -0.3 is 14.0 Å². The zero-order valence-corrected chi connectivity index (χ0v) is 14.7. The van der Waals surface area contributed by atoms with Crippen molar-refractivity contribution in [2.45, 2.75) is 24.8 Å². The molecule has 0 bridgehead atoms. The molecular weight excluding hydrogens is 346 g/mol. The molecule has 8 nitrogen and oxygen atoms in total. The Morgan fingerprint density at radius 3 is 2.68 bits per heavy atom. The van der Waals surface area contributed by atoms with Crippen molar-refractivity contribution < 1.29 is 22.7 Å². The van der Waals surface area contributed by atoms with Gasteiger partial charge in [0.05, 0.1) is 17.8 Å². The highest BCUT2D eigenvalue weighted by Crippen LogP contribution is 2.16. The maximum atomic E-state index is 12.2. The van der Waals surface area contributed by atoms with E-state index in [1.165, 1.54) is 24.3 Å². The van der Waals surface area contributed by atoms with Crippen LogP contribution in [0.2, 0.25) is 0 Å². The molecule has 0 aliphatic heterocycles. The van der Waals surface area contributed by atoms with Crippen LogP contribution in [0, 0.1) is 0 Å². The summed E-state index contributed by atoms with van der Waals surface area (Å²) in [6.07, 6.45) is 5.83. The predicted octanol–water partition coefficient (Wildman–Crippen LogP) is 1.19. The minimum absolute atomic E-state index is 0.138. The van der Waals surface area contributed by atoms with E-state index >= 15 is 0 Å². The van der Waals surface area contributed by atoms with Crippen molar-refractivity contribution >= 4 is 16.0 Å². The standard InChI is InChI=1S/C16H21N3O5S/c1-2-23-16(20)12-24-14-4-6-15(7-5-14)25(21,22)18-8-3-10-19-11-9-17-13-19/h4-7,9,11,13,18H,2-3,8,10,12H2,1H3. The summed E-state index contributed by atoms with van der Waals surface area (Å²) in [5.41, 5.74) is 0. The monoisotopic (exact) mass is 367 g/mol. The van der Waals surface area contributed by atoms with Crippen LogP contribution in [0.5, 0.6) is 5.75 Å². The van der Waals surface area contributed by atoms with E-state index in [0.717, 1.165) is 0 Å². The number of hydrogen-bond acceptors (Lipinski definition) is 6. The average molecular weight is 367 g/mol. The second kappa shape index (κ2) is 9.19. The number of aromatic nitrogens is 2. The zero-order chi connectivity index (χ0) is 18.1. The van der Waals surface area contributed by atoms with Crippen LogP contribution in [-0.2, 0) is 26.1 Å². The highest BCUT2D eigenvalue weighted by molar-refractivity contribution is 7.89. The van der Waals surface area contributed by atoms with Gasteiger partial charge in [-0.2, -0.15) is 0 Å². The Bertz CT molecular complexity index is 758. The molecule has 1 heterocycles. The van der Waals surface area contributed by atoms with Gasteiger partial charge in [-0.25, -0.2) is 22.9 Å². The number of rotatable bonds is 10. The molecule has 0 aliphatic carbocycles. The molecule has 0 unspecified atom stereocenters. The summed E-state index contributed by atoms with van der Waals surface area (Å²) in [7, 11) is -3.58. The molecule has 0 fully saturated rings. The molecule has 1 aromatic heterocycles. The third-order valence-electron chi connectivity index (χ3n) is 3.24. The molecule has 25 heavy (non-hydrogen) atoms. The maximum absolute atomic E-state index is 12.2. The molecule has 0 saturated heterocycles. The number of carbonyl (C=O) groups is 1. The van der Waals surface area contributed by atoms with E-state index in [2.05, 4.69) is 9.71 Å². The summed E-state index contributed by atoms with van der Waals surface area (Å²) < 4.78 is 38.8. The summed E-state index contributed by atoms with van der Waals surface area (Å²) in [6, 6.07) is 5.86. The van der Waals surface area contributed by atoms with Gasteiger partial charge in [-0.05, 0) is 37.6 Å². The fourth-order valence-corrected chi connectivity index (χ4v) is 3.10. The number of sulfonamides is 1. The molecule has 1 aromatic carbocycles. The van der Waals surface area contributed by atoms with Crippen LogP contribution in [0.25, 0.3) is 0 Å². The van der Waals surface area contributed by atoms with Crippen molar-refractivity contribution in [1.29, 1.82) is 0 Å². The molecule has 0 spiro atoms. The quantitative estimate of drug-likeness (QED) is 0.500. The second-order valence-corrected chi connectivity index (χ2v) is 6.88. The summed E-state index contributed by atoms with van der Waals surface area (Å²) in [5.74, 6) is -0.0779. The summed E-state index contributed by atoms with van der Waals surface area (Å²) in [6.45, 7) is 2.78. The minimum atomic E-state index is -3.58. The van der Waals surface area contributed by atoms with Gasteiger partial charge in [0.1, 0.15) is 5.75 Å². The van der Waals surface area contributed by atoms with Crippen LogP contribution in [0.15, 0.2) is 47.9 Å². The Hall–Kier alpha value is -2.39. The topological polar surface area (TPSA) is 99.5 Å². The highest BCUT2D eigenvalue weighted by Gasteiger charge is 2.13. The van der Waals surface area contributed by atoms with Crippen molar-refractivity contribution in [3.8, 4) is 5.75 Å². The highest BCUT2D eigenvalue weighted by atomic mass is 32.2. The van der Waals surface area contributed by atoms with E-state index in [0.29, 0.717) is 25.3 Å². The maximum Gasteiger partial charge on any atom is 0.344 e. The van der Waals surface area contributed by atoms with Crippen LogP contribution < -0.4 is 9.46 Å². The summed E-state index contributed by atoms with van der Waals surface area (Å²) in [4.78, 5) is 15.3. The molecule has 2 rings (SSSR count). The smallest absolute Gasteiger partial charge is 0.344 e. The molecule has 1 N–H and O–H groups in total. The minimum Gasteiger partial charge on any atom is -0.482 e. The van der Waals surface area contributed by atoms with Gasteiger partial charge >= 0.3 is 5.97 Å². The Balaban J connectivity index is 1.81. The van der Waals surface area contributed by atoms with Gasteiger partial charge in [0.2, 0.25) is 10.0 Å². The van der Waals surface area contributed by atoms with Gasteiger partial charge in [-0.15, -0.1) is 0 Å². The first-order chi connectivity index (χ1) is 12.0. The first kappa shape index (κ1) is 18.9. The SMILES string of the molecule is CCOC(=O)COc1ccc(S(=O)(=O)NCCCn2ccnc2)cc1. The first-order valence-electron chi connectivity index (χ1n) is 7.85. The average Bonchev–Trinajstić information content (AvgIpc) is 3.11. The third-order valence-corrected chi connectivity index (χ3v) is 4.72. The van der Waals surface area contributed by atoms with E-state index < -0.39 is 16.0 Å². The van der Waals surface area contributed by atoms with Crippen molar-refractivity contribution in [2.24, 2.45) is 0 Å². The summed E-state index contributed by atoms with van der Waals surface area (Å²) >= 11 is 0. The van der Waals surface area contributed by atoms with Crippen molar-refractivity contribution in [3.63, 3.8) is 0 Å². The largest absolute Gasteiger partial charge is 0.482 e. The number of aryl methyl sites for hydroxylation is 1. The summed E-state index contributed by atoms with van der Waals surface area (Å²) in [5, 5.41) is 0. The molecule has 136 valence electrons. The number of esters is 1. The van der Waals surface area contributed by atoms with Crippen LogP contribution in [0.4, 0.5) is 0 Å². The molecule has 0 amide bonds. The Kier molecular flexibility index (Phi) is 6.96. The van der Waals surface area contributed by atoms with Gasteiger partial charge in [-0.3, -0.25) is 0 Å². The molecule has 2 aromatic rings. The molecule has 0 radical (unpaired) electrons. The zero-order valence-electron chi connectivity index (χ0n) is 13.9. The molecule has 0 atom stereocenters. The second-order valence-electron chi connectivity index (χ2n) is 5.12. The Labute approximate surface area is 146 Å². The molecule has 0 aliphatic rings. The fraction of sp³-hybridized carbons (Fsp3) is 0.375. The fourth-order valence-electron chi connectivity index (χ4n) is 2.03. The third kappa shape index (κ3) is 6.20. The number of carbonyl (C=O) groups excluding carboxylic acids is 1. The Morgan fingerprint density at radius 2 is 2.04 bits per heavy atom. The lowest BCUT2D eigenvalue weighted by Gasteiger charge is -2.09. The van der Waals surface area contributed by atoms with Crippen LogP contribution >= 0.6 is 0 Å². The van der Waals surface area contributed by atoms with Gasteiger partial charge in [0, 0.05) is 25.5 Å². The number of imidazole rings is 1. The lowest BCUT2D eigenvalue weighted by Crippen LogP contribution is -2.25. The van der Waals surface area contributed by atoms with Crippen molar-refractivity contribution in [2.75, 3.05) is 19.8 Å². The van der Waals surface area contributed by atoms with Crippen molar-refractivity contribution in [1.82, 2.24) is 14.3 Å². The van der Waals surface area contributed by atoms with Crippen LogP contribution in [-0.4, -0.2) is 43.7 Å². The lowest BCUT2D eigenvalue weighted by molar-refractivity contribution is -0.145. The molecule has 9 heteroatoms.